The average Bonchev–Trinajstić information content (AvgIpc) is 2.59. The van der Waals surface area contributed by atoms with E-state index < -0.39 is 0 Å². The van der Waals surface area contributed by atoms with E-state index >= 15 is 0 Å². The van der Waals surface area contributed by atoms with E-state index in [-0.39, 0.29) is 0 Å². The third kappa shape index (κ3) is 4.24. The van der Waals surface area contributed by atoms with E-state index in [2.05, 4.69) is 52.5 Å². The van der Waals surface area contributed by atoms with Gasteiger partial charge in [-0.15, -0.1) is 0 Å². The van der Waals surface area contributed by atoms with Crippen LogP contribution in [-0.2, 0) is 0 Å². The van der Waals surface area contributed by atoms with Gasteiger partial charge in [0.2, 0.25) is 5.95 Å². The van der Waals surface area contributed by atoms with Crippen molar-refractivity contribution in [3.05, 3.63) is 63.7 Å². The van der Waals surface area contributed by atoms with Gasteiger partial charge in [0, 0.05) is 22.0 Å². The number of benzene rings is 2. The number of aromatic nitrogens is 2. The third-order valence-corrected chi connectivity index (χ3v) is 4.25. The fourth-order valence-corrected chi connectivity index (χ4v) is 2.71. The summed E-state index contributed by atoms with van der Waals surface area (Å²) in [6.07, 6.45) is 1.71. The monoisotopic (exact) mass is 448 g/mol. The van der Waals surface area contributed by atoms with Crippen LogP contribution in [0.4, 0.5) is 23.1 Å². The van der Waals surface area contributed by atoms with Gasteiger partial charge in [0.15, 0.2) is 0 Å². The fourth-order valence-electron chi connectivity index (χ4n) is 2.02. The van der Waals surface area contributed by atoms with Crippen LogP contribution >= 0.6 is 31.9 Å². The van der Waals surface area contributed by atoms with Gasteiger partial charge in [-0.25, -0.2) is 4.98 Å². The van der Waals surface area contributed by atoms with Gasteiger partial charge in [0.05, 0.1) is 11.6 Å². The molecular formula is C17H14Br2N4O. The maximum absolute atomic E-state index is 5.15. The predicted octanol–water partition coefficient (Wildman–Crippen LogP) is 5.50. The second-order valence-electron chi connectivity index (χ2n) is 4.88. The quantitative estimate of drug-likeness (QED) is 0.538. The van der Waals surface area contributed by atoms with Gasteiger partial charge in [0.25, 0.3) is 0 Å². The van der Waals surface area contributed by atoms with Crippen molar-refractivity contribution in [3.8, 4) is 5.75 Å². The van der Waals surface area contributed by atoms with Gasteiger partial charge in [-0.05, 0) is 58.4 Å². The Morgan fingerprint density at radius 3 is 2.46 bits per heavy atom. The Balaban J connectivity index is 1.80. The van der Waals surface area contributed by atoms with Gasteiger partial charge in [-0.2, -0.15) is 4.98 Å². The molecule has 0 bridgehead atoms. The molecule has 2 N–H and O–H groups in total. The third-order valence-electron chi connectivity index (χ3n) is 3.18. The highest BCUT2D eigenvalue weighted by Crippen LogP contribution is 2.26. The molecule has 0 spiro atoms. The Bertz CT molecular complexity index is 840. The van der Waals surface area contributed by atoms with E-state index in [4.69, 9.17) is 4.74 Å². The molecule has 0 unspecified atom stereocenters. The molecule has 2 aromatic carbocycles. The topological polar surface area (TPSA) is 59.1 Å². The lowest BCUT2D eigenvalue weighted by atomic mass is 10.3. The largest absolute Gasteiger partial charge is 0.497 e. The molecule has 0 fully saturated rings. The number of nitrogens with zero attached hydrogens (tertiary/aromatic N) is 2. The zero-order valence-electron chi connectivity index (χ0n) is 12.8. The van der Waals surface area contributed by atoms with Gasteiger partial charge in [-0.1, -0.05) is 22.0 Å². The lowest BCUT2D eigenvalue weighted by molar-refractivity contribution is 0.415. The fraction of sp³-hybridized carbons (Fsp3) is 0.0588. The molecule has 3 rings (SSSR count). The van der Waals surface area contributed by atoms with Crippen LogP contribution in [0.5, 0.6) is 5.75 Å². The Morgan fingerprint density at radius 2 is 1.75 bits per heavy atom. The van der Waals surface area contributed by atoms with E-state index in [1.807, 2.05) is 48.5 Å². The zero-order valence-corrected chi connectivity index (χ0v) is 15.9. The summed E-state index contributed by atoms with van der Waals surface area (Å²) in [5.74, 6) is 1.98. The van der Waals surface area contributed by atoms with Gasteiger partial charge in [0.1, 0.15) is 11.6 Å². The Labute approximate surface area is 156 Å². The molecule has 0 aliphatic rings. The first kappa shape index (κ1) is 16.7. The van der Waals surface area contributed by atoms with Crippen LogP contribution in [-0.4, -0.2) is 17.1 Å². The molecule has 1 heterocycles. The zero-order chi connectivity index (χ0) is 16.9. The van der Waals surface area contributed by atoms with Crippen molar-refractivity contribution in [1.29, 1.82) is 0 Å². The first-order valence-corrected chi connectivity index (χ1v) is 8.69. The van der Waals surface area contributed by atoms with Crippen molar-refractivity contribution in [3.63, 3.8) is 0 Å². The molecule has 0 radical (unpaired) electrons. The van der Waals surface area contributed by atoms with Crippen LogP contribution in [0.3, 0.4) is 0 Å². The average molecular weight is 450 g/mol. The van der Waals surface area contributed by atoms with E-state index in [1.54, 1.807) is 13.3 Å². The number of halogens is 2. The lowest BCUT2D eigenvalue weighted by Crippen LogP contribution is -2.01. The maximum atomic E-state index is 5.15. The number of anilines is 4. The van der Waals surface area contributed by atoms with Gasteiger partial charge < -0.3 is 15.4 Å². The van der Waals surface area contributed by atoms with Gasteiger partial charge in [-0.3, -0.25) is 0 Å². The predicted molar refractivity (Wildman–Crippen MR) is 103 cm³/mol. The summed E-state index contributed by atoms with van der Waals surface area (Å²) in [5, 5.41) is 6.44. The molecule has 24 heavy (non-hydrogen) atoms. The Kier molecular flexibility index (Phi) is 5.32. The van der Waals surface area contributed by atoms with Crippen LogP contribution in [0.1, 0.15) is 0 Å². The van der Waals surface area contributed by atoms with Crippen molar-refractivity contribution in [2.75, 3.05) is 17.7 Å². The standard InChI is InChI=1S/C17H14Br2N4O/c1-24-14-7-5-12(6-8-14)22-17-20-10-15(19)16(23-17)21-13-4-2-3-11(18)9-13/h2-10H,1H3,(H2,20,21,22,23). The first-order valence-electron chi connectivity index (χ1n) is 7.10. The molecule has 0 aliphatic heterocycles. The van der Waals surface area contributed by atoms with Crippen LogP contribution in [0.25, 0.3) is 0 Å². The molecule has 0 saturated carbocycles. The number of methoxy groups -OCH3 is 1. The summed E-state index contributed by atoms with van der Waals surface area (Å²) in [5.41, 5.74) is 1.81. The Morgan fingerprint density at radius 1 is 0.958 bits per heavy atom. The minimum Gasteiger partial charge on any atom is -0.497 e. The first-order chi connectivity index (χ1) is 11.6. The summed E-state index contributed by atoms with van der Waals surface area (Å²) < 4.78 is 6.93. The minimum absolute atomic E-state index is 0.501. The lowest BCUT2D eigenvalue weighted by Gasteiger charge is -2.11. The minimum atomic E-state index is 0.501. The van der Waals surface area contributed by atoms with Crippen LogP contribution in [0.15, 0.2) is 63.7 Å². The number of nitrogens with one attached hydrogen (secondary N) is 2. The van der Waals surface area contributed by atoms with Crippen molar-refractivity contribution in [2.24, 2.45) is 0 Å². The van der Waals surface area contributed by atoms with E-state index in [0.29, 0.717) is 11.8 Å². The number of hydrogen-bond donors (Lipinski definition) is 2. The smallest absolute Gasteiger partial charge is 0.229 e. The SMILES string of the molecule is COc1ccc(Nc2ncc(Br)c(Nc3cccc(Br)c3)n2)cc1. The molecule has 0 saturated heterocycles. The summed E-state index contributed by atoms with van der Waals surface area (Å²) >= 11 is 6.92. The maximum Gasteiger partial charge on any atom is 0.229 e. The molecule has 5 nitrogen and oxygen atoms in total. The van der Waals surface area contributed by atoms with Crippen molar-refractivity contribution in [2.45, 2.75) is 0 Å². The van der Waals surface area contributed by atoms with Crippen LogP contribution in [0, 0.1) is 0 Å². The number of rotatable bonds is 5. The number of ether oxygens (including phenoxy) is 1. The van der Waals surface area contributed by atoms with Crippen molar-refractivity contribution >= 4 is 55.0 Å². The highest BCUT2D eigenvalue weighted by atomic mass is 79.9. The van der Waals surface area contributed by atoms with Crippen molar-refractivity contribution < 1.29 is 4.74 Å². The highest BCUT2D eigenvalue weighted by molar-refractivity contribution is 9.10. The summed E-state index contributed by atoms with van der Waals surface area (Å²) in [6.45, 7) is 0. The van der Waals surface area contributed by atoms with Gasteiger partial charge >= 0.3 is 0 Å². The Hall–Kier alpha value is -2.12. The van der Waals surface area contributed by atoms with Crippen LogP contribution < -0.4 is 15.4 Å². The van der Waals surface area contributed by atoms with Crippen LogP contribution in [0.2, 0.25) is 0 Å². The summed E-state index contributed by atoms with van der Waals surface area (Å²) in [6, 6.07) is 15.4. The molecule has 0 aliphatic carbocycles. The summed E-state index contributed by atoms with van der Waals surface area (Å²) in [4.78, 5) is 8.79. The second-order valence-corrected chi connectivity index (χ2v) is 6.65. The molecule has 3 aromatic rings. The molecule has 0 amide bonds. The highest BCUT2D eigenvalue weighted by Gasteiger charge is 2.06. The normalized spacial score (nSPS) is 10.3. The molecule has 1 aromatic heterocycles. The van der Waals surface area contributed by atoms with E-state index in [9.17, 15) is 0 Å². The molecule has 7 heteroatoms. The molecular weight excluding hydrogens is 436 g/mol. The second kappa shape index (κ2) is 7.63. The molecule has 122 valence electrons. The molecule has 0 atom stereocenters. The number of hydrogen-bond acceptors (Lipinski definition) is 5. The summed E-state index contributed by atoms with van der Waals surface area (Å²) in [7, 11) is 1.64. The van der Waals surface area contributed by atoms with E-state index in [1.165, 1.54) is 0 Å². The van der Waals surface area contributed by atoms with E-state index in [0.717, 1.165) is 26.1 Å². The van der Waals surface area contributed by atoms with Crippen molar-refractivity contribution in [1.82, 2.24) is 9.97 Å².